The molecule has 2 heteroatoms. The fourth-order valence-electron chi connectivity index (χ4n) is 2.13. The van der Waals surface area contributed by atoms with Crippen LogP contribution in [0.1, 0.15) is 46.1 Å². The van der Waals surface area contributed by atoms with Crippen molar-refractivity contribution >= 4 is 11.6 Å². The number of hydrogen-bond donors (Lipinski definition) is 1. The summed E-state index contributed by atoms with van der Waals surface area (Å²) in [6.07, 6.45) is 3.60. The first kappa shape index (κ1) is 15.5. The predicted octanol–water partition coefficient (Wildman–Crippen LogP) is 4.69. The molecule has 0 saturated heterocycles. The molecule has 1 unspecified atom stereocenters. The SMILES string of the molecule is CCCC(CNC(C)(C)C)Cc1cccc(Cl)c1. The van der Waals surface area contributed by atoms with E-state index in [4.69, 9.17) is 11.6 Å². The van der Waals surface area contributed by atoms with Gasteiger partial charge in [-0.15, -0.1) is 0 Å². The molecule has 1 aromatic carbocycles. The average molecular weight is 268 g/mol. The lowest BCUT2D eigenvalue weighted by Gasteiger charge is -2.25. The van der Waals surface area contributed by atoms with E-state index in [-0.39, 0.29) is 5.54 Å². The predicted molar refractivity (Wildman–Crippen MR) is 81.3 cm³/mol. The maximum atomic E-state index is 6.04. The van der Waals surface area contributed by atoms with Crippen molar-refractivity contribution < 1.29 is 0 Å². The highest BCUT2D eigenvalue weighted by molar-refractivity contribution is 6.30. The molecule has 0 aliphatic carbocycles. The van der Waals surface area contributed by atoms with Gasteiger partial charge in [0.1, 0.15) is 0 Å². The maximum Gasteiger partial charge on any atom is 0.0408 e. The zero-order valence-electron chi connectivity index (χ0n) is 12.1. The van der Waals surface area contributed by atoms with Gasteiger partial charge < -0.3 is 5.32 Å². The zero-order valence-corrected chi connectivity index (χ0v) is 12.8. The standard InChI is InChI=1S/C16H26ClN/c1-5-7-14(12-18-16(2,3)4)10-13-8-6-9-15(17)11-13/h6,8-9,11,14,18H,5,7,10,12H2,1-4H3. The summed E-state index contributed by atoms with van der Waals surface area (Å²) in [5.74, 6) is 0.688. The molecule has 1 atom stereocenters. The first-order valence-electron chi connectivity index (χ1n) is 6.90. The smallest absolute Gasteiger partial charge is 0.0408 e. The molecule has 0 amide bonds. The minimum Gasteiger partial charge on any atom is -0.312 e. The van der Waals surface area contributed by atoms with Gasteiger partial charge in [0.05, 0.1) is 0 Å². The van der Waals surface area contributed by atoms with Crippen LogP contribution in [0.3, 0.4) is 0 Å². The number of rotatable bonds is 6. The molecule has 18 heavy (non-hydrogen) atoms. The molecule has 0 bridgehead atoms. The van der Waals surface area contributed by atoms with Crippen molar-refractivity contribution in [3.05, 3.63) is 34.9 Å². The van der Waals surface area contributed by atoms with Crippen molar-refractivity contribution in [2.45, 2.75) is 52.5 Å². The van der Waals surface area contributed by atoms with E-state index in [0.29, 0.717) is 5.92 Å². The lowest BCUT2D eigenvalue weighted by Crippen LogP contribution is -2.39. The van der Waals surface area contributed by atoms with Gasteiger partial charge in [-0.2, -0.15) is 0 Å². The zero-order chi connectivity index (χ0) is 13.6. The van der Waals surface area contributed by atoms with Gasteiger partial charge in [-0.25, -0.2) is 0 Å². The van der Waals surface area contributed by atoms with Crippen molar-refractivity contribution in [3.8, 4) is 0 Å². The van der Waals surface area contributed by atoms with Gasteiger partial charge in [0, 0.05) is 10.6 Å². The van der Waals surface area contributed by atoms with Crippen molar-refractivity contribution in [1.29, 1.82) is 0 Å². The Morgan fingerprint density at radius 1 is 1.28 bits per heavy atom. The normalized spacial score (nSPS) is 13.6. The Balaban J connectivity index is 2.57. The Hall–Kier alpha value is -0.530. The van der Waals surface area contributed by atoms with Crippen LogP contribution in [0.15, 0.2) is 24.3 Å². The molecule has 1 N–H and O–H groups in total. The maximum absolute atomic E-state index is 6.04. The van der Waals surface area contributed by atoms with E-state index in [1.54, 1.807) is 0 Å². The molecule has 0 aliphatic heterocycles. The second-order valence-corrected chi connectivity index (χ2v) is 6.56. The average Bonchev–Trinajstić information content (AvgIpc) is 2.25. The summed E-state index contributed by atoms with van der Waals surface area (Å²) in [5.41, 5.74) is 1.54. The first-order chi connectivity index (χ1) is 8.40. The van der Waals surface area contributed by atoms with Crippen molar-refractivity contribution in [1.82, 2.24) is 5.32 Å². The molecule has 1 aromatic rings. The van der Waals surface area contributed by atoms with E-state index in [0.717, 1.165) is 18.0 Å². The monoisotopic (exact) mass is 267 g/mol. The quantitative estimate of drug-likeness (QED) is 0.789. The highest BCUT2D eigenvalue weighted by Gasteiger charge is 2.14. The number of halogens is 1. The largest absolute Gasteiger partial charge is 0.312 e. The van der Waals surface area contributed by atoms with Gasteiger partial charge >= 0.3 is 0 Å². The molecule has 0 radical (unpaired) electrons. The van der Waals surface area contributed by atoms with Gasteiger partial charge in [0.15, 0.2) is 0 Å². The van der Waals surface area contributed by atoms with Crippen molar-refractivity contribution in [2.24, 2.45) is 5.92 Å². The molecule has 0 spiro atoms. The minimum atomic E-state index is 0.195. The Morgan fingerprint density at radius 3 is 2.56 bits per heavy atom. The van der Waals surface area contributed by atoms with Gasteiger partial charge in [0.2, 0.25) is 0 Å². The fraction of sp³-hybridized carbons (Fsp3) is 0.625. The van der Waals surface area contributed by atoms with E-state index in [9.17, 15) is 0 Å². The van der Waals surface area contributed by atoms with Crippen LogP contribution in [0.2, 0.25) is 5.02 Å². The fourth-order valence-corrected chi connectivity index (χ4v) is 2.35. The Kier molecular flexibility index (Phi) is 6.17. The highest BCUT2D eigenvalue weighted by atomic mass is 35.5. The van der Waals surface area contributed by atoms with Gasteiger partial charge in [-0.1, -0.05) is 37.1 Å². The summed E-state index contributed by atoms with van der Waals surface area (Å²) < 4.78 is 0. The number of nitrogens with one attached hydrogen (secondary N) is 1. The summed E-state index contributed by atoms with van der Waals surface area (Å²) in [5, 5.41) is 4.45. The third-order valence-corrected chi connectivity index (χ3v) is 3.27. The molecule has 1 rings (SSSR count). The van der Waals surface area contributed by atoms with Crippen LogP contribution in [0.4, 0.5) is 0 Å². The minimum absolute atomic E-state index is 0.195. The summed E-state index contributed by atoms with van der Waals surface area (Å²) in [6, 6.07) is 8.23. The van der Waals surface area contributed by atoms with Crippen LogP contribution >= 0.6 is 11.6 Å². The summed E-state index contributed by atoms with van der Waals surface area (Å²) in [7, 11) is 0. The van der Waals surface area contributed by atoms with Gasteiger partial charge in [0.25, 0.3) is 0 Å². The summed E-state index contributed by atoms with van der Waals surface area (Å²) in [6.45, 7) is 9.98. The first-order valence-corrected chi connectivity index (χ1v) is 7.28. The molecule has 1 nitrogen and oxygen atoms in total. The van der Waals surface area contributed by atoms with E-state index in [2.05, 4.69) is 45.1 Å². The topological polar surface area (TPSA) is 12.0 Å². The molecule has 0 fully saturated rings. The third-order valence-electron chi connectivity index (χ3n) is 3.03. The van der Waals surface area contributed by atoms with Crippen LogP contribution in [0, 0.1) is 5.92 Å². The molecular formula is C16H26ClN. The van der Waals surface area contributed by atoms with Gasteiger partial charge in [-0.3, -0.25) is 0 Å². The molecule has 0 aromatic heterocycles. The van der Waals surface area contributed by atoms with E-state index in [1.165, 1.54) is 18.4 Å². The second-order valence-electron chi connectivity index (χ2n) is 6.12. The Labute approximate surface area is 117 Å². The third kappa shape index (κ3) is 6.42. The molecule has 0 aliphatic rings. The lowest BCUT2D eigenvalue weighted by atomic mass is 9.94. The van der Waals surface area contributed by atoms with Crippen LogP contribution in [0.25, 0.3) is 0 Å². The molecule has 0 saturated carbocycles. The van der Waals surface area contributed by atoms with Crippen LogP contribution in [0.5, 0.6) is 0 Å². The number of benzene rings is 1. The van der Waals surface area contributed by atoms with Crippen LogP contribution < -0.4 is 5.32 Å². The van der Waals surface area contributed by atoms with E-state index < -0.39 is 0 Å². The summed E-state index contributed by atoms with van der Waals surface area (Å²) in [4.78, 5) is 0. The highest BCUT2D eigenvalue weighted by Crippen LogP contribution is 2.18. The Morgan fingerprint density at radius 2 is 2.00 bits per heavy atom. The van der Waals surface area contributed by atoms with E-state index in [1.807, 2.05) is 12.1 Å². The van der Waals surface area contributed by atoms with Gasteiger partial charge in [-0.05, 0) is 63.8 Å². The molecule has 0 heterocycles. The second kappa shape index (κ2) is 7.16. The lowest BCUT2D eigenvalue weighted by molar-refractivity contribution is 0.355. The van der Waals surface area contributed by atoms with Crippen molar-refractivity contribution in [2.75, 3.05) is 6.54 Å². The molecular weight excluding hydrogens is 242 g/mol. The van der Waals surface area contributed by atoms with Crippen LogP contribution in [-0.4, -0.2) is 12.1 Å². The van der Waals surface area contributed by atoms with E-state index >= 15 is 0 Å². The number of hydrogen-bond acceptors (Lipinski definition) is 1. The van der Waals surface area contributed by atoms with Crippen LogP contribution in [-0.2, 0) is 6.42 Å². The van der Waals surface area contributed by atoms with Crippen molar-refractivity contribution in [3.63, 3.8) is 0 Å². The Bertz CT molecular complexity index is 354. The molecule has 102 valence electrons. The summed E-state index contributed by atoms with van der Waals surface area (Å²) >= 11 is 6.04.